The van der Waals surface area contributed by atoms with Gasteiger partial charge in [-0.3, -0.25) is 0 Å². The van der Waals surface area contributed by atoms with E-state index in [2.05, 4.69) is 0 Å². The largest absolute Gasteiger partial charge is 0.460 e. The van der Waals surface area contributed by atoms with Crippen molar-refractivity contribution >= 4 is 18.5 Å². The lowest BCUT2D eigenvalue weighted by Gasteiger charge is -2.43. The molecule has 0 spiro atoms. The molecule has 40 heavy (non-hydrogen) atoms. The summed E-state index contributed by atoms with van der Waals surface area (Å²) in [5.41, 5.74) is 0. The highest BCUT2D eigenvalue weighted by Gasteiger charge is 2.95. The average Bonchev–Trinajstić information content (AvgIpc) is 2.84. The Labute approximate surface area is 214 Å². The fraction of sp³-hybridized carbons (Fsp3) is 0.455. The van der Waals surface area contributed by atoms with Crippen LogP contribution in [0.2, 0.25) is 0 Å². The van der Waals surface area contributed by atoms with Gasteiger partial charge >= 0.3 is 47.6 Å². The molecule has 0 saturated heterocycles. The molecule has 0 bridgehead atoms. The molecular formula is C22H14F17P. The van der Waals surface area contributed by atoms with Crippen molar-refractivity contribution in [3.8, 4) is 0 Å². The zero-order valence-electron chi connectivity index (χ0n) is 19.1. The van der Waals surface area contributed by atoms with Crippen molar-refractivity contribution in [2.45, 2.75) is 54.1 Å². The number of benzene rings is 2. The summed E-state index contributed by atoms with van der Waals surface area (Å²) in [6.07, 6.45) is -11.4. The van der Waals surface area contributed by atoms with Crippen LogP contribution in [0.25, 0.3) is 0 Å². The second-order valence-electron chi connectivity index (χ2n) is 8.22. The van der Waals surface area contributed by atoms with Crippen molar-refractivity contribution < 1.29 is 74.6 Å². The zero-order chi connectivity index (χ0) is 31.2. The molecule has 0 aliphatic carbocycles. The Morgan fingerprint density at radius 1 is 0.400 bits per heavy atom. The number of halogens is 17. The van der Waals surface area contributed by atoms with Crippen LogP contribution in [-0.4, -0.2) is 53.8 Å². The van der Waals surface area contributed by atoms with Gasteiger partial charge in [0.25, 0.3) is 0 Å². The molecule has 0 unspecified atom stereocenters. The molecule has 226 valence electrons. The maximum Gasteiger partial charge on any atom is 0.460 e. The molecule has 0 nitrogen and oxygen atoms in total. The third kappa shape index (κ3) is 5.22. The molecule has 2 aromatic carbocycles. The zero-order valence-corrected chi connectivity index (χ0v) is 20.0. The molecule has 18 heteroatoms. The van der Waals surface area contributed by atoms with Crippen molar-refractivity contribution in [2.24, 2.45) is 0 Å². The lowest BCUT2D eigenvalue weighted by molar-refractivity contribution is -0.461. The second-order valence-corrected chi connectivity index (χ2v) is 10.6. The van der Waals surface area contributed by atoms with Gasteiger partial charge in [-0.1, -0.05) is 60.7 Å². The summed E-state index contributed by atoms with van der Waals surface area (Å²) < 4.78 is 229. The first kappa shape index (κ1) is 33.9. The third-order valence-corrected chi connectivity index (χ3v) is 8.09. The first-order valence-corrected chi connectivity index (χ1v) is 11.9. The van der Waals surface area contributed by atoms with Crippen LogP contribution in [-0.2, 0) is 0 Å². The van der Waals surface area contributed by atoms with Gasteiger partial charge in [-0.2, -0.15) is 74.6 Å². The summed E-state index contributed by atoms with van der Waals surface area (Å²) in [6, 6.07) is 13.5. The highest BCUT2D eigenvalue weighted by molar-refractivity contribution is 7.73. The summed E-state index contributed by atoms with van der Waals surface area (Å²) in [6.45, 7) is 0. The maximum absolute atomic E-state index is 14.4. The van der Waals surface area contributed by atoms with E-state index in [-0.39, 0.29) is 10.6 Å². The summed E-state index contributed by atoms with van der Waals surface area (Å²) in [5, 5.41) is 0.334. The number of rotatable bonds is 11. The van der Waals surface area contributed by atoms with Crippen molar-refractivity contribution in [3.63, 3.8) is 0 Å². The molecule has 0 aliphatic rings. The Balaban J connectivity index is 2.50. The van der Waals surface area contributed by atoms with Crippen LogP contribution in [0.5, 0.6) is 0 Å². The second kappa shape index (κ2) is 10.5. The molecule has 0 radical (unpaired) electrons. The highest BCUT2D eigenvalue weighted by atomic mass is 31.1. The van der Waals surface area contributed by atoms with Gasteiger partial charge in [0.1, 0.15) is 0 Å². The minimum Gasteiger partial charge on any atom is -0.200 e. The van der Waals surface area contributed by atoms with Gasteiger partial charge in [-0.05, 0) is 24.7 Å². The normalized spacial score (nSPS) is 15.1. The van der Waals surface area contributed by atoms with Gasteiger partial charge in [-0.25, -0.2) is 0 Å². The van der Waals surface area contributed by atoms with E-state index in [1.54, 1.807) is 0 Å². The Morgan fingerprint density at radius 3 is 1.02 bits per heavy atom. The number of hydrogen-bond donors (Lipinski definition) is 0. The first-order valence-electron chi connectivity index (χ1n) is 10.4. The fourth-order valence-corrected chi connectivity index (χ4v) is 5.61. The Kier molecular flexibility index (Phi) is 8.90. The summed E-state index contributed by atoms with van der Waals surface area (Å²) in [4.78, 5) is 0. The van der Waals surface area contributed by atoms with Crippen molar-refractivity contribution in [1.82, 2.24) is 0 Å². The van der Waals surface area contributed by atoms with E-state index in [4.69, 9.17) is 0 Å². The molecule has 0 aromatic heterocycles. The van der Waals surface area contributed by atoms with E-state index in [1.165, 1.54) is 60.7 Å². The standard InChI is InChI=1S/C22H14F17P/c23-15(24,11-12-40(13-7-3-1-4-8-13)14-9-5-2-6-10-14)16(25,26)17(27,28)18(29,30)19(31,32)20(33,34)21(35,36)22(37,38)39/h1-10H,11-12H2. The van der Waals surface area contributed by atoms with Crippen LogP contribution in [0.1, 0.15) is 6.42 Å². The van der Waals surface area contributed by atoms with Gasteiger partial charge in [0, 0.05) is 6.42 Å². The highest BCUT2D eigenvalue weighted by Crippen LogP contribution is 2.64. The van der Waals surface area contributed by atoms with Crippen LogP contribution in [0.15, 0.2) is 60.7 Å². The van der Waals surface area contributed by atoms with Gasteiger partial charge in [-0.15, -0.1) is 0 Å². The smallest absolute Gasteiger partial charge is 0.200 e. The minimum absolute atomic E-state index is 0.167. The average molecular weight is 632 g/mol. The summed E-state index contributed by atoms with van der Waals surface area (Å²) in [5.74, 6) is -56.2. The molecule has 0 amide bonds. The predicted octanol–water partition coefficient (Wildman–Crippen LogP) is 8.52. The Morgan fingerprint density at radius 2 is 0.700 bits per heavy atom. The molecule has 0 N–H and O–H groups in total. The fourth-order valence-electron chi connectivity index (χ4n) is 3.23. The van der Waals surface area contributed by atoms with E-state index < -0.39 is 68.1 Å². The Hall–Kier alpha value is -2.32. The molecule has 0 fully saturated rings. The van der Waals surface area contributed by atoms with Crippen LogP contribution >= 0.6 is 7.92 Å². The lowest BCUT2D eigenvalue weighted by Crippen LogP contribution is -2.74. The molecular weight excluding hydrogens is 618 g/mol. The van der Waals surface area contributed by atoms with E-state index >= 15 is 0 Å². The first-order chi connectivity index (χ1) is 17.8. The molecule has 2 aromatic rings. The van der Waals surface area contributed by atoms with E-state index in [0.29, 0.717) is 0 Å². The topological polar surface area (TPSA) is 0 Å². The van der Waals surface area contributed by atoms with E-state index in [9.17, 15) is 74.6 Å². The van der Waals surface area contributed by atoms with E-state index in [0.717, 1.165) is 0 Å². The molecule has 0 atom stereocenters. The van der Waals surface area contributed by atoms with Gasteiger partial charge in [0.2, 0.25) is 0 Å². The Bertz CT molecular complexity index is 1090. The molecule has 0 saturated carbocycles. The summed E-state index contributed by atoms with van der Waals surface area (Å²) >= 11 is 0. The van der Waals surface area contributed by atoms with Gasteiger partial charge < -0.3 is 0 Å². The van der Waals surface area contributed by atoms with Crippen LogP contribution in [0, 0.1) is 0 Å². The van der Waals surface area contributed by atoms with Crippen LogP contribution < -0.4 is 10.6 Å². The van der Waals surface area contributed by atoms with E-state index in [1.807, 2.05) is 0 Å². The van der Waals surface area contributed by atoms with Crippen molar-refractivity contribution in [2.75, 3.05) is 6.16 Å². The van der Waals surface area contributed by atoms with Crippen LogP contribution in [0.4, 0.5) is 74.6 Å². The molecule has 0 heterocycles. The number of hydrogen-bond acceptors (Lipinski definition) is 0. The van der Waals surface area contributed by atoms with Crippen molar-refractivity contribution in [1.29, 1.82) is 0 Å². The molecule has 2 rings (SSSR count). The van der Waals surface area contributed by atoms with Crippen molar-refractivity contribution in [3.05, 3.63) is 60.7 Å². The summed E-state index contributed by atoms with van der Waals surface area (Å²) in [7, 11) is -2.13. The lowest BCUT2D eigenvalue weighted by atomic mass is 9.88. The van der Waals surface area contributed by atoms with Gasteiger partial charge in [0.15, 0.2) is 0 Å². The minimum atomic E-state index is -8.62. The predicted molar refractivity (Wildman–Crippen MR) is 109 cm³/mol. The number of alkyl halides is 17. The SMILES string of the molecule is FC(F)(F)C(F)(F)C(F)(F)C(F)(F)C(F)(F)C(F)(F)C(F)(F)C(F)(F)CCP(c1ccccc1)c1ccccc1. The monoisotopic (exact) mass is 632 g/mol. The van der Waals surface area contributed by atoms with Gasteiger partial charge in [0.05, 0.1) is 0 Å². The molecule has 0 aliphatic heterocycles. The third-order valence-electron chi connectivity index (χ3n) is 5.57. The van der Waals surface area contributed by atoms with Crippen LogP contribution in [0.3, 0.4) is 0 Å². The quantitative estimate of drug-likeness (QED) is 0.172. The maximum atomic E-state index is 14.4.